The van der Waals surface area contributed by atoms with Gasteiger partial charge in [-0.3, -0.25) is 9.48 Å². The summed E-state index contributed by atoms with van der Waals surface area (Å²) in [5.74, 6) is 2.26. The lowest BCUT2D eigenvalue weighted by molar-refractivity contribution is -0.00765. The third-order valence-electron chi connectivity index (χ3n) is 8.65. The van der Waals surface area contributed by atoms with E-state index in [1.165, 1.54) is 38.5 Å². The van der Waals surface area contributed by atoms with Gasteiger partial charge >= 0.3 is 0 Å². The number of hydrogen-bond donors (Lipinski definition) is 1. The van der Waals surface area contributed by atoms with Gasteiger partial charge in [-0.25, -0.2) is 4.68 Å². The number of anilines is 1. The highest BCUT2D eigenvalue weighted by molar-refractivity contribution is 9.10. The van der Waals surface area contributed by atoms with Gasteiger partial charge in [0.25, 0.3) is 5.91 Å². The summed E-state index contributed by atoms with van der Waals surface area (Å²) in [6.45, 7) is 0.639. The first-order valence-electron chi connectivity index (χ1n) is 13.3. The lowest BCUT2D eigenvalue weighted by atomic mass is 9.48. The zero-order valence-electron chi connectivity index (χ0n) is 20.7. The van der Waals surface area contributed by atoms with Crippen molar-refractivity contribution in [2.45, 2.75) is 50.5 Å². The summed E-state index contributed by atoms with van der Waals surface area (Å²) in [5, 5.41) is 12.7. The van der Waals surface area contributed by atoms with E-state index in [1.54, 1.807) is 6.20 Å². The summed E-state index contributed by atoms with van der Waals surface area (Å²) < 4.78 is 4.74. The Morgan fingerprint density at radius 2 is 1.70 bits per heavy atom. The number of aromatic nitrogens is 4. The van der Waals surface area contributed by atoms with E-state index in [-0.39, 0.29) is 11.3 Å². The zero-order valence-corrected chi connectivity index (χ0v) is 22.3. The molecule has 0 radical (unpaired) electrons. The van der Waals surface area contributed by atoms with Gasteiger partial charge < -0.3 is 5.32 Å². The van der Waals surface area contributed by atoms with Gasteiger partial charge in [0.15, 0.2) is 0 Å². The number of para-hydroxylation sites is 1. The Hall–Kier alpha value is -3.19. The van der Waals surface area contributed by atoms with Gasteiger partial charge in [-0.05, 0) is 102 Å². The van der Waals surface area contributed by atoms with E-state index >= 15 is 0 Å². The average Bonchev–Trinajstić information content (AvgIpc) is 3.51. The molecule has 8 rings (SSSR count). The summed E-state index contributed by atoms with van der Waals surface area (Å²) in [4.78, 5) is 13.9. The Morgan fingerprint density at radius 3 is 2.38 bits per heavy atom. The van der Waals surface area contributed by atoms with Crippen molar-refractivity contribution >= 4 is 27.5 Å². The molecule has 4 aliphatic carbocycles. The first-order valence-corrected chi connectivity index (χ1v) is 14.1. The molecule has 0 aliphatic heterocycles. The minimum absolute atomic E-state index is 0.0246. The lowest BCUT2D eigenvalue weighted by Gasteiger charge is -2.56. The van der Waals surface area contributed by atoms with E-state index in [9.17, 15) is 4.79 Å². The minimum atomic E-state index is -0.0769. The summed E-state index contributed by atoms with van der Waals surface area (Å²) in [5.41, 5.74) is 4.60. The van der Waals surface area contributed by atoms with Crippen LogP contribution in [0.3, 0.4) is 0 Å². The monoisotopic (exact) mass is 555 g/mol. The molecule has 0 atom stereocenters. The van der Waals surface area contributed by atoms with Crippen LogP contribution in [0.5, 0.6) is 0 Å². The van der Waals surface area contributed by atoms with E-state index < -0.39 is 0 Å². The molecule has 7 heteroatoms. The smallest absolute Gasteiger partial charge is 0.259 e. The van der Waals surface area contributed by atoms with E-state index in [2.05, 4.69) is 44.5 Å². The number of rotatable bonds is 6. The molecule has 1 amide bonds. The molecule has 1 N–H and O–H groups in total. The summed E-state index contributed by atoms with van der Waals surface area (Å²) in [6, 6.07) is 18.2. The number of carbonyl (C=O) groups excluding carboxylic acids is 1. The minimum Gasteiger partial charge on any atom is -0.322 e. The van der Waals surface area contributed by atoms with Gasteiger partial charge in [0.1, 0.15) is 0 Å². The first kappa shape index (κ1) is 23.0. The van der Waals surface area contributed by atoms with Crippen molar-refractivity contribution in [2.75, 3.05) is 5.32 Å². The SMILES string of the molecule is O=C(Nc1cccc(Cn2cc(Br)cn2)c1)c1cn(-c2ccccc2)nc1C12CC3CC(CC(C3)C1)C2. The van der Waals surface area contributed by atoms with Crippen molar-refractivity contribution in [1.29, 1.82) is 0 Å². The molecule has 0 unspecified atom stereocenters. The van der Waals surface area contributed by atoms with Crippen molar-refractivity contribution in [3.63, 3.8) is 0 Å². The second-order valence-corrected chi connectivity index (χ2v) is 12.3. The highest BCUT2D eigenvalue weighted by Crippen LogP contribution is 2.60. The Balaban J connectivity index is 1.22. The quantitative estimate of drug-likeness (QED) is 0.291. The standard InChI is InChI=1S/C30H30BrN5O/c31-24-16-32-35(18-24)17-20-5-4-6-25(12-20)33-29(37)27-19-36(26-7-2-1-3-8-26)34-28(27)30-13-21-9-22(14-30)11-23(10-21)15-30/h1-8,12,16,18-19,21-23H,9-11,13-15,17H2,(H,33,37). The Morgan fingerprint density at radius 1 is 0.973 bits per heavy atom. The van der Waals surface area contributed by atoms with Crippen molar-refractivity contribution < 1.29 is 4.79 Å². The molecule has 2 aromatic heterocycles. The summed E-state index contributed by atoms with van der Waals surface area (Å²) in [6.07, 6.45) is 13.3. The van der Waals surface area contributed by atoms with E-state index in [1.807, 2.05) is 58.2 Å². The van der Waals surface area contributed by atoms with E-state index in [4.69, 9.17) is 5.10 Å². The molecule has 2 aromatic carbocycles. The molecule has 4 aliphatic rings. The number of nitrogens with zero attached hydrogens (tertiary/aromatic N) is 4. The Bertz CT molecular complexity index is 1420. The van der Waals surface area contributed by atoms with Crippen LogP contribution in [-0.4, -0.2) is 25.5 Å². The number of halogens is 1. The number of nitrogens with one attached hydrogen (secondary N) is 1. The maximum atomic E-state index is 13.9. The molecule has 4 saturated carbocycles. The lowest BCUT2D eigenvalue weighted by Crippen LogP contribution is -2.49. The van der Waals surface area contributed by atoms with Crippen LogP contribution >= 0.6 is 15.9 Å². The van der Waals surface area contributed by atoms with E-state index in [0.717, 1.165) is 44.9 Å². The van der Waals surface area contributed by atoms with Crippen LogP contribution in [0.15, 0.2) is 77.7 Å². The van der Waals surface area contributed by atoms with Gasteiger partial charge in [-0.2, -0.15) is 10.2 Å². The fourth-order valence-corrected chi connectivity index (χ4v) is 7.93. The van der Waals surface area contributed by atoms with Crippen LogP contribution in [-0.2, 0) is 12.0 Å². The predicted molar refractivity (Wildman–Crippen MR) is 147 cm³/mol. The van der Waals surface area contributed by atoms with E-state index in [0.29, 0.717) is 12.1 Å². The molecule has 2 heterocycles. The number of hydrogen-bond acceptors (Lipinski definition) is 3. The normalized spacial score (nSPS) is 25.9. The van der Waals surface area contributed by atoms with Crippen molar-refractivity contribution in [2.24, 2.45) is 17.8 Å². The van der Waals surface area contributed by atoms with Crippen molar-refractivity contribution in [1.82, 2.24) is 19.6 Å². The fourth-order valence-electron chi connectivity index (χ4n) is 7.60. The molecular formula is C30H30BrN5O. The molecule has 4 fully saturated rings. The zero-order chi connectivity index (χ0) is 25.0. The van der Waals surface area contributed by atoms with Gasteiger partial charge in [-0.1, -0.05) is 30.3 Å². The van der Waals surface area contributed by atoms with Crippen molar-refractivity contribution in [3.8, 4) is 5.69 Å². The Labute approximate surface area is 225 Å². The maximum Gasteiger partial charge on any atom is 0.259 e. The molecule has 6 nitrogen and oxygen atoms in total. The average molecular weight is 557 g/mol. The maximum absolute atomic E-state index is 13.9. The third kappa shape index (κ3) is 4.33. The second-order valence-electron chi connectivity index (χ2n) is 11.4. The molecule has 188 valence electrons. The Kier molecular flexibility index (Phi) is 5.57. The highest BCUT2D eigenvalue weighted by atomic mass is 79.9. The third-order valence-corrected chi connectivity index (χ3v) is 9.06. The summed E-state index contributed by atoms with van der Waals surface area (Å²) in [7, 11) is 0. The predicted octanol–water partition coefficient (Wildman–Crippen LogP) is 6.60. The number of carbonyl (C=O) groups is 1. The molecule has 0 spiro atoms. The summed E-state index contributed by atoms with van der Waals surface area (Å²) >= 11 is 3.45. The second kappa shape index (κ2) is 8.98. The van der Waals surface area contributed by atoms with Gasteiger partial charge in [0.2, 0.25) is 0 Å². The topological polar surface area (TPSA) is 64.7 Å². The largest absolute Gasteiger partial charge is 0.322 e. The van der Waals surface area contributed by atoms with Crippen LogP contribution in [0, 0.1) is 17.8 Å². The fraction of sp³-hybridized carbons (Fsp3) is 0.367. The molecule has 0 saturated heterocycles. The number of benzene rings is 2. The van der Waals surface area contributed by atoms with Crippen LogP contribution in [0.4, 0.5) is 5.69 Å². The van der Waals surface area contributed by atoms with Crippen LogP contribution in [0.25, 0.3) is 5.69 Å². The molecule has 37 heavy (non-hydrogen) atoms. The molecule has 4 bridgehead atoms. The van der Waals surface area contributed by atoms with Crippen LogP contribution in [0.2, 0.25) is 0 Å². The van der Waals surface area contributed by atoms with Gasteiger partial charge in [-0.15, -0.1) is 0 Å². The van der Waals surface area contributed by atoms with Crippen LogP contribution < -0.4 is 5.32 Å². The molecule has 4 aromatic rings. The van der Waals surface area contributed by atoms with Gasteiger partial charge in [0, 0.05) is 23.5 Å². The van der Waals surface area contributed by atoms with Crippen molar-refractivity contribution in [3.05, 3.63) is 94.5 Å². The van der Waals surface area contributed by atoms with Gasteiger partial charge in [0.05, 0.1) is 34.2 Å². The number of amides is 1. The first-order chi connectivity index (χ1) is 18.0. The molecular weight excluding hydrogens is 526 g/mol. The van der Waals surface area contributed by atoms with Crippen LogP contribution in [0.1, 0.15) is 60.1 Å². The highest BCUT2D eigenvalue weighted by Gasteiger charge is 2.53.